The minimum atomic E-state index is -0.151. The summed E-state index contributed by atoms with van der Waals surface area (Å²) in [7, 11) is 0. The molecule has 5 rings (SSSR count). The first-order chi connectivity index (χ1) is 17.1. The van der Waals surface area contributed by atoms with Gasteiger partial charge in [-0.2, -0.15) is 5.10 Å². The van der Waals surface area contributed by atoms with Crippen LogP contribution in [0.25, 0.3) is 22.0 Å². The maximum absolute atomic E-state index is 12.9. The summed E-state index contributed by atoms with van der Waals surface area (Å²) in [5, 5.41) is 8.22. The predicted octanol–water partition coefficient (Wildman–Crippen LogP) is 5.54. The topological polar surface area (TPSA) is 81.9 Å². The molecule has 35 heavy (non-hydrogen) atoms. The number of rotatable bonds is 7. The van der Waals surface area contributed by atoms with E-state index in [0.29, 0.717) is 23.6 Å². The summed E-state index contributed by atoms with van der Waals surface area (Å²) in [5.41, 5.74) is 5.25. The molecule has 0 bridgehead atoms. The van der Waals surface area contributed by atoms with E-state index in [9.17, 15) is 4.79 Å². The molecule has 0 saturated carbocycles. The van der Waals surface area contributed by atoms with Crippen LogP contribution in [0.3, 0.4) is 0 Å². The molecule has 2 aromatic carbocycles. The third-order valence-electron chi connectivity index (χ3n) is 5.94. The normalized spacial score (nSPS) is 10.9. The predicted molar refractivity (Wildman–Crippen MR) is 135 cm³/mol. The van der Waals surface area contributed by atoms with Gasteiger partial charge >= 0.3 is 0 Å². The van der Waals surface area contributed by atoms with Gasteiger partial charge in [-0.15, -0.1) is 0 Å². The first-order valence-corrected chi connectivity index (χ1v) is 11.5. The van der Waals surface area contributed by atoms with Crippen molar-refractivity contribution >= 4 is 16.8 Å². The molecule has 0 fully saturated rings. The Kier molecular flexibility index (Phi) is 6.22. The summed E-state index contributed by atoms with van der Waals surface area (Å²) >= 11 is 0. The second-order valence-electron chi connectivity index (χ2n) is 8.19. The van der Waals surface area contributed by atoms with Gasteiger partial charge in [0.1, 0.15) is 11.5 Å². The number of ether oxygens (including phenoxy) is 1. The Labute approximate surface area is 203 Å². The van der Waals surface area contributed by atoms with Crippen molar-refractivity contribution in [2.24, 2.45) is 0 Å². The average molecular weight is 464 g/mol. The molecular weight excluding hydrogens is 438 g/mol. The summed E-state index contributed by atoms with van der Waals surface area (Å²) in [4.78, 5) is 21.4. The van der Waals surface area contributed by atoms with Crippen molar-refractivity contribution in [3.8, 4) is 22.6 Å². The first kappa shape index (κ1) is 22.3. The number of amides is 1. The molecule has 0 aliphatic rings. The quantitative estimate of drug-likeness (QED) is 0.342. The van der Waals surface area contributed by atoms with Crippen LogP contribution in [0.5, 0.6) is 11.5 Å². The summed E-state index contributed by atoms with van der Waals surface area (Å²) in [6.45, 7) is 5.21. The Morgan fingerprint density at radius 3 is 2.66 bits per heavy atom. The molecule has 7 heteroatoms. The van der Waals surface area contributed by atoms with Crippen molar-refractivity contribution in [3.05, 3.63) is 102 Å². The molecule has 1 N–H and O–H groups in total. The second-order valence-corrected chi connectivity index (χ2v) is 8.19. The van der Waals surface area contributed by atoms with Crippen molar-refractivity contribution in [2.75, 3.05) is 0 Å². The number of carbonyl (C=O) groups excluding carboxylic acids is 1. The largest absolute Gasteiger partial charge is 0.456 e. The van der Waals surface area contributed by atoms with E-state index in [1.165, 1.54) is 0 Å². The fourth-order valence-corrected chi connectivity index (χ4v) is 3.94. The van der Waals surface area contributed by atoms with E-state index in [1.54, 1.807) is 24.7 Å². The van der Waals surface area contributed by atoms with Gasteiger partial charge in [0, 0.05) is 60.0 Å². The molecule has 0 spiro atoms. The SMILES string of the molecule is CCn1cc(-c2ccc3c(Oc4cccc(C(=O)NCc5ccncc5)c4C)ccnc3c2)cn1. The number of pyridine rings is 2. The monoisotopic (exact) mass is 463 g/mol. The molecule has 0 atom stereocenters. The van der Waals surface area contributed by atoms with Gasteiger partial charge in [0.25, 0.3) is 5.91 Å². The molecule has 0 saturated heterocycles. The van der Waals surface area contributed by atoms with Crippen molar-refractivity contribution in [1.29, 1.82) is 0 Å². The van der Waals surface area contributed by atoms with E-state index in [0.717, 1.165) is 39.7 Å². The summed E-state index contributed by atoms with van der Waals surface area (Å²) in [6, 6.07) is 17.2. The third-order valence-corrected chi connectivity index (χ3v) is 5.94. The summed E-state index contributed by atoms with van der Waals surface area (Å²) in [6.07, 6.45) is 9.04. The fraction of sp³-hybridized carbons (Fsp3) is 0.143. The lowest BCUT2D eigenvalue weighted by Gasteiger charge is -2.14. The number of fused-ring (bicyclic) bond motifs is 1. The number of aryl methyl sites for hydroxylation is 1. The van der Waals surface area contributed by atoms with Crippen LogP contribution >= 0.6 is 0 Å². The van der Waals surface area contributed by atoms with Gasteiger partial charge in [-0.3, -0.25) is 19.4 Å². The van der Waals surface area contributed by atoms with E-state index in [-0.39, 0.29) is 5.91 Å². The fourth-order valence-electron chi connectivity index (χ4n) is 3.94. The molecule has 0 aliphatic carbocycles. The number of hydrogen-bond donors (Lipinski definition) is 1. The van der Waals surface area contributed by atoms with Gasteiger partial charge in [0.15, 0.2) is 0 Å². The maximum atomic E-state index is 12.9. The maximum Gasteiger partial charge on any atom is 0.251 e. The smallest absolute Gasteiger partial charge is 0.251 e. The van der Waals surface area contributed by atoms with Crippen molar-refractivity contribution < 1.29 is 9.53 Å². The van der Waals surface area contributed by atoms with Gasteiger partial charge in [-0.1, -0.05) is 12.1 Å². The lowest BCUT2D eigenvalue weighted by Crippen LogP contribution is -2.23. The van der Waals surface area contributed by atoms with Gasteiger partial charge in [-0.25, -0.2) is 0 Å². The van der Waals surface area contributed by atoms with E-state index in [2.05, 4.69) is 27.3 Å². The molecule has 0 unspecified atom stereocenters. The molecule has 7 nitrogen and oxygen atoms in total. The van der Waals surface area contributed by atoms with E-state index in [1.807, 2.05) is 72.5 Å². The molecular formula is C28H25N5O2. The van der Waals surface area contributed by atoms with Crippen LogP contribution in [0, 0.1) is 6.92 Å². The van der Waals surface area contributed by atoms with Gasteiger partial charge in [-0.05, 0) is 67.4 Å². The van der Waals surface area contributed by atoms with Crippen molar-refractivity contribution in [2.45, 2.75) is 26.9 Å². The minimum absolute atomic E-state index is 0.151. The molecule has 3 heterocycles. The second kappa shape index (κ2) is 9.77. The number of nitrogens with zero attached hydrogens (tertiary/aromatic N) is 4. The number of carbonyl (C=O) groups is 1. The third kappa shape index (κ3) is 4.75. The van der Waals surface area contributed by atoms with Crippen LogP contribution in [0.1, 0.15) is 28.4 Å². The van der Waals surface area contributed by atoms with Gasteiger partial charge < -0.3 is 10.1 Å². The van der Waals surface area contributed by atoms with Crippen LogP contribution < -0.4 is 10.1 Å². The zero-order valence-corrected chi connectivity index (χ0v) is 19.6. The molecule has 5 aromatic rings. The summed E-state index contributed by atoms with van der Waals surface area (Å²) < 4.78 is 8.20. The van der Waals surface area contributed by atoms with Crippen molar-refractivity contribution in [1.82, 2.24) is 25.1 Å². The number of hydrogen-bond acceptors (Lipinski definition) is 5. The van der Waals surface area contributed by atoms with Gasteiger partial charge in [0.2, 0.25) is 0 Å². The van der Waals surface area contributed by atoms with Crippen LogP contribution in [0.2, 0.25) is 0 Å². The number of benzene rings is 2. The van der Waals surface area contributed by atoms with Crippen LogP contribution in [-0.2, 0) is 13.1 Å². The summed E-state index contributed by atoms with van der Waals surface area (Å²) in [5.74, 6) is 1.16. The average Bonchev–Trinajstić information content (AvgIpc) is 3.38. The number of nitrogens with one attached hydrogen (secondary N) is 1. The van der Waals surface area contributed by atoms with Crippen LogP contribution in [-0.4, -0.2) is 25.7 Å². The van der Waals surface area contributed by atoms with Crippen molar-refractivity contribution in [3.63, 3.8) is 0 Å². The standard InChI is InChI=1S/C28H25N5O2/c1-3-33-18-22(17-32-33)21-7-8-24-25(15-21)30-14-11-27(24)35-26-6-4-5-23(19(26)2)28(34)31-16-20-9-12-29-13-10-20/h4-15,17-18H,3,16H2,1-2H3,(H,31,34). The highest BCUT2D eigenvalue weighted by molar-refractivity contribution is 5.96. The molecule has 0 aliphatic heterocycles. The van der Waals surface area contributed by atoms with E-state index in [4.69, 9.17) is 4.74 Å². The Morgan fingerprint density at radius 1 is 1.00 bits per heavy atom. The molecule has 1 amide bonds. The Hall–Kier alpha value is -4.52. The number of aromatic nitrogens is 4. The highest BCUT2D eigenvalue weighted by Crippen LogP contribution is 2.33. The molecule has 174 valence electrons. The minimum Gasteiger partial charge on any atom is -0.456 e. The van der Waals surface area contributed by atoms with Crippen LogP contribution in [0.4, 0.5) is 0 Å². The van der Waals surface area contributed by atoms with Crippen LogP contribution in [0.15, 0.2) is 85.6 Å². The Morgan fingerprint density at radius 2 is 1.86 bits per heavy atom. The lowest BCUT2D eigenvalue weighted by molar-refractivity contribution is 0.0950. The van der Waals surface area contributed by atoms with E-state index < -0.39 is 0 Å². The molecule has 0 radical (unpaired) electrons. The first-order valence-electron chi connectivity index (χ1n) is 11.5. The zero-order valence-electron chi connectivity index (χ0n) is 19.6. The molecule has 3 aromatic heterocycles. The lowest BCUT2D eigenvalue weighted by atomic mass is 10.1. The highest BCUT2D eigenvalue weighted by atomic mass is 16.5. The highest BCUT2D eigenvalue weighted by Gasteiger charge is 2.14. The zero-order chi connectivity index (χ0) is 24.2. The van der Waals surface area contributed by atoms with Gasteiger partial charge in [0.05, 0.1) is 11.7 Å². The van der Waals surface area contributed by atoms with E-state index >= 15 is 0 Å². The Bertz CT molecular complexity index is 1490. The Balaban J connectivity index is 1.39.